The fourth-order valence-electron chi connectivity index (χ4n) is 3.75. The highest BCUT2D eigenvalue weighted by Crippen LogP contribution is 2.28. The van der Waals surface area contributed by atoms with E-state index in [0.717, 1.165) is 25.1 Å². The quantitative estimate of drug-likeness (QED) is 0.719. The van der Waals surface area contributed by atoms with Crippen molar-refractivity contribution < 1.29 is 14.3 Å². The summed E-state index contributed by atoms with van der Waals surface area (Å²) in [5, 5.41) is 0. The molecule has 0 bridgehead atoms. The van der Waals surface area contributed by atoms with Gasteiger partial charge in [-0.15, -0.1) is 0 Å². The molecular weight excluding hydrogens is 352 g/mol. The average Bonchev–Trinajstić information content (AvgIpc) is 2.71. The fourth-order valence-corrected chi connectivity index (χ4v) is 3.75. The first kappa shape index (κ1) is 22.1. The van der Waals surface area contributed by atoms with Crippen molar-refractivity contribution >= 4 is 5.97 Å². The summed E-state index contributed by atoms with van der Waals surface area (Å²) in [5.74, 6) is -0.324. The molecule has 1 aliphatic rings. The van der Waals surface area contributed by atoms with Crippen molar-refractivity contribution in [1.29, 1.82) is 0 Å². The van der Waals surface area contributed by atoms with Gasteiger partial charge in [-0.05, 0) is 24.5 Å². The summed E-state index contributed by atoms with van der Waals surface area (Å²) in [6.07, 6.45) is 0.802. The Hall–Kier alpha value is -2.21. The normalized spacial score (nSPS) is 20.8. The molecule has 3 atom stereocenters. The Balaban J connectivity index is 0.00000280. The van der Waals surface area contributed by atoms with Gasteiger partial charge in [0, 0.05) is 19.1 Å². The molecule has 0 aliphatic carbocycles. The third kappa shape index (κ3) is 5.41. The van der Waals surface area contributed by atoms with Gasteiger partial charge in [0.15, 0.2) is 0 Å². The Morgan fingerprint density at radius 2 is 1.79 bits per heavy atom. The number of hydrogen-bond donors (Lipinski definition) is 1. The molecule has 5 heteroatoms. The largest absolute Gasteiger partial charge is 0.464 e. The second-order valence-corrected chi connectivity index (χ2v) is 7.02. The predicted octanol–water partition coefficient (Wildman–Crippen LogP) is 4.35. The first-order valence-corrected chi connectivity index (χ1v) is 9.83. The molecule has 2 aromatic rings. The van der Waals surface area contributed by atoms with Crippen LogP contribution in [0.4, 0.5) is 0 Å². The zero-order valence-corrected chi connectivity index (χ0v) is 16.9. The standard InChI is InChI=1S/C23H29NO3.H3N/c1-3-21(19-10-6-4-7-11-19)23(25)27-17-15-24-14-16-26-22(18(24)2)20-12-8-5-9-13-20;/h4-13,18,21-22H,3,14-17H2,1-2H3;1H3. The minimum Gasteiger partial charge on any atom is -0.464 e. The van der Waals surface area contributed by atoms with Crippen LogP contribution in [0.2, 0.25) is 0 Å². The lowest BCUT2D eigenvalue weighted by Gasteiger charge is -2.39. The van der Waals surface area contributed by atoms with Crippen LogP contribution in [-0.4, -0.2) is 43.2 Å². The van der Waals surface area contributed by atoms with Crippen LogP contribution < -0.4 is 6.15 Å². The van der Waals surface area contributed by atoms with Gasteiger partial charge in [-0.2, -0.15) is 0 Å². The summed E-state index contributed by atoms with van der Waals surface area (Å²) >= 11 is 0. The number of morpholine rings is 1. The highest BCUT2D eigenvalue weighted by atomic mass is 16.5. The Kier molecular flexibility index (Phi) is 8.64. The molecule has 0 radical (unpaired) electrons. The van der Waals surface area contributed by atoms with E-state index >= 15 is 0 Å². The third-order valence-electron chi connectivity index (χ3n) is 5.34. The lowest BCUT2D eigenvalue weighted by atomic mass is 9.97. The second-order valence-electron chi connectivity index (χ2n) is 7.02. The summed E-state index contributed by atoms with van der Waals surface area (Å²) in [6, 6.07) is 20.4. The minimum atomic E-state index is -0.189. The molecule has 0 aromatic heterocycles. The Morgan fingerprint density at radius 1 is 1.14 bits per heavy atom. The minimum absolute atomic E-state index is 0. The number of nitrogens with zero attached hydrogens (tertiary/aromatic N) is 1. The third-order valence-corrected chi connectivity index (χ3v) is 5.34. The lowest BCUT2D eigenvalue weighted by Crippen LogP contribution is -2.47. The van der Waals surface area contributed by atoms with Crippen molar-refractivity contribution in [3.05, 3.63) is 71.8 Å². The van der Waals surface area contributed by atoms with E-state index < -0.39 is 0 Å². The van der Waals surface area contributed by atoms with Crippen LogP contribution in [-0.2, 0) is 14.3 Å². The lowest BCUT2D eigenvalue weighted by molar-refractivity contribution is -0.147. The van der Waals surface area contributed by atoms with E-state index in [1.807, 2.05) is 55.5 Å². The zero-order valence-electron chi connectivity index (χ0n) is 16.9. The van der Waals surface area contributed by atoms with Crippen LogP contribution in [0.3, 0.4) is 0 Å². The molecule has 0 spiro atoms. The summed E-state index contributed by atoms with van der Waals surface area (Å²) in [5.41, 5.74) is 2.22. The van der Waals surface area contributed by atoms with Gasteiger partial charge >= 0.3 is 5.97 Å². The van der Waals surface area contributed by atoms with Gasteiger partial charge in [0.2, 0.25) is 0 Å². The molecule has 1 saturated heterocycles. The monoisotopic (exact) mass is 384 g/mol. The molecule has 2 aromatic carbocycles. The summed E-state index contributed by atoms with van der Waals surface area (Å²) in [4.78, 5) is 14.9. The van der Waals surface area contributed by atoms with E-state index in [0.29, 0.717) is 13.2 Å². The molecule has 3 rings (SSSR count). The van der Waals surface area contributed by atoms with Gasteiger partial charge < -0.3 is 15.6 Å². The number of carbonyl (C=O) groups is 1. The maximum absolute atomic E-state index is 12.5. The van der Waals surface area contributed by atoms with Crippen molar-refractivity contribution in [3.63, 3.8) is 0 Å². The number of hydrogen-bond acceptors (Lipinski definition) is 5. The van der Waals surface area contributed by atoms with E-state index in [-0.39, 0.29) is 30.2 Å². The Morgan fingerprint density at radius 3 is 2.43 bits per heavy atom. The molecule has 3 N–H and O–H groups in total. The Bertz CT molecular complexity index is 708. The predicted molar refractivity (Wildman–Crippen MR) is 112 cm³/mol. The molecule has 5 nitrogen and oxygen atoms in total. The molecular formula is C23H32N2O3. The summed E-state index contributed by atoms with van der Waals surface area (Å²) in [6.45, 7) is 6.89. The van der Waals surface area contributed by atoms with Gasteiger partial charge in [-0.1, -0.05) is 67.6 Å². The van der Waals surface area contributed by atoms with Crippen LogP contribution in [0.5, 0.6) is 0 Å². The van der Waals surface area contributed by atoms with Gasteiger partial charge in [0.1, 0.15) is 6.61 Å². The van der Waals surface area contributed by atoms with Gasteiger partial charge in [0.05, 0.1) is 18.6 Å². The SMILES string of the molecule is CCC(C(=O)OCCN1CCOC(c2ccccc2)C1C)c1ccccc1.N. The fraction of sp³-hybridized carbons (Fsp3) is 0.435. The number of rotatable bonds is 7. The molecule has 3 unspecified atom stereocenters. The van der Waals surface area contributed by atoms with Crippen LogP contribution in [0.15, 0.2) is 60.7 Å². The van der Waals surface area contributed by atoms with Crippen molar-refractivity contribution in [2.75, 3.05) is 26.3 Å². The highest BCUT2D eigenvalue weighted by Gasteiger charge is 2.30. The van der Waals surface area contributed by atoms with Crippen LogP contribution in [0.25, 0.3) is 0 Å². The Labute approximate surface area is 168 Å². The first-order valence-electron chi connectivity index (χ1n) is 9.83. The average molecular weight is 385 g/mol. The second kappa shape index (κ2) is 11.0. The van der Waals surface area contributed by atoms with E-state index in [1.54, 1.807) is 0 Å². The molecule has 28 heavy (non-hydrogen) atoms. The summed E-state index contributed by atoms with van der Waals surface area (Å²) < 4.78 is 11.6. The van der Waals surface area contributed by atoms with E-state index in [9.17, 15) is 4.79 Å². The summed E-state index contributed by atoms with van der Waals surface area (Å²) in [7, 11) is 0. The molecule has 0 saturated carbocycles. The van der Waals surface area contributed by atoms with Gasteiger partial charge in [-0.3, -0.25) is 9.69 Å². The number of ether oxygens (including phenoxy) is 2. The molecule has 152 valence electrons. The topological polar surface area (TPSA) is 73.8 Å². The maximum Gasteiger partial charge on any atom is 0.313 e. The van der Waals surface area contributed by atoms with Crippen molar-refractivity contribution in [2.45, 2.75) is 38.3 Å². The van der Waals surface area contributed by atoms with E-state index in [4.69, 9.17) is 9.47 Å². The molecule has 1 fully saturated rings. The van der Waals surface area contributed by atoms with Crippen molar-refractivity contribution in [2.24, 2.45) is 0 Å². The number of esters is 1. The number of carbonyl (C=O) groups excluding carboxylic acids is 1. The van der Waals surface area contributed by atoms with Crippen molar-refractivity contribution in [3.8, 4) is 0 Å². The number of benzene rings is 2. The van der Waals surface area contributed by atoms with Crippen LogP contribution in [0, 0.1) is 0 Å². The van der Waals surface area contributed by atoms with Crippen LogP contribution >= 0.6 is 0 Å². The smallest absolute Gasteiger partial charge is 0.313 e. The maximum atomic E-state index is 12.5. The zero-order chi connectivity index (χ0) is 19.1. The molecule has 0 amide bonds. The van der Waals surface area contributed by atoms with Crippen molar-refractivity contribution in [1.82, 2.24) is 11.1 Å². The molecule has 1 heterocycles. The first-order chi connectivity index (χ1) is 13.2. The highest BCUT2D eigenvalue weighted by molar-refractivity contribution is 5.78. The van der Waals surface area contributed by atoms with Gasteiger partial charge in [0.25, 0.3) is 0 Å². The van der Waals surface area contributed by atoms with Gasteiger partial charge in [-0.25, -0.2) is 0 Å². The molecule has 1 aliphatic heterocycles. The van der Waals surface area contributed by atoms with E-state index in [1.165, 1.54) is 5.56 Å². The van der Waals surface area contributed by atoms with Crippen LogP contribution in [0.1, 0.15) is 43.4 Å². The van der Waals surface area contributed by atoms with E-state index in [2.05, 4.69) is 24.0 Å².